The number of nitrogens with one attached hydrogen (secondary N) is 1. The van der Waals surface area contributed by atoms with Crippen LogP contribution < -0.4 is 5.32 Å². The van der Waals surface area contributed by atoms with Gasteiger partial charge in [-0.2, -0.15) is 0 Å². The first-order valence-corrected chi connectivity index (χ1v) is 5.23. The summed E-state index contributed by atoms with van der Waals surface area (Å²) in [7, 11) is 1.62. The summed E-state index contributed by atoms with van der Waals surface area (Å²) in [5.74, 6) is 0.0836. The molecule has 5 heteroatoms. The molecule has 0 rings (SSSR count). The van der Waals surface area contributed by atoms with Gasteiger partial charge in [0.2, 0.25) is 0 Å². The first kappa shape index (κ1) is 14.8. The van der Waals surface area contributed by atoms with Crippen molar-refractivity contribution in [2.45, 2.75) is 45.3 Å². The number of rotatable bonds is 7. The quantitative estimate of drug-likeness (QED) is 0.428. The molecule has 0 saturated carbocycles. The van der Waals surface area contributed by atoms with E-state index in [2.05, 4.69) is 5.32 Å². The molecule has 0 amide bonds. The summed E-state index contributed by atoms with van der Waals surface area (Å²) in [6, 6.07) is 0. The van der Waals surface area contributed by atoms with E-state index in [1.807, 2.05) is 13.8 Å². The molecule has 0 spiro atoms. The highest BCUT2D eigenvalue weighted by Gasteiger charge is 2.27. The highest BCUT2D eigenvalue weighted by Crippen LogP contribution is 2.14. The fourth-order valence-corrected chi connectivity index (χ4v) is 1.27. The van der Waals surface area contributed by atoms with Crippen LogP contribution in [0.1, 0.15) is 20.8 Å². The lowest BCUT2D eigenvalue weighted by Crippen LogP contribution is -2.47. The van der Waals surface area contributed by atoms with Gasteiger partial charge in [-0.25, -0.2) is 0 Å². The molecule has 0 heterocycles. The average Bonchev–Trinajstić information content (AvgIpc) is 2.17. The van der Waals surface area contributed by atoms with Gasteiger partial charge in [-0.1, -0.05) is 13.8 Å². The number of hydrogen-bond acceptors (Lipinski definition) is 5. The predicted molar refractivity (Wildman–Crippen MR) is 57.3 cm³/mol. The standard InChI is InChI=1S/C10H23NO4/c1-6(2)9(10(14)11-4)15-8(5-12)7(3)13/h6-14H,5H2,1-4H3/t7-,8?,9?,10-/m0/s1. The van der Waals surface area contributed by atoms with Crippen LogP contribution in [0, 0.1) is 5.92 Å². The third-order valence-corrected chi connectivity index (χ3v) is 2.31. The number of aliphatic hydroxyl groups excluding tert-OH is 3. The lowest BCUT2D eigenvalue weighted by molar-refractivity contribution is -0.146. The number of aliphatic hydroxyl groups is 3. The van der Waals surface area contributed by atoms with Gasteiger partial charge in [-0.05, 0) is 19.9 Å². The Kier molecular flexibility index (Phi) is 7.04. The lowest BCUT2D eigenvalue weighted by atomic mass is 10.1. The van der Waals surface area contributed by atoms with Gasteiger partial charge in [0.05, 0.1) is 18.8 Å². The molecule has 92 valence electrons. The highest BCUT2D eigenvalue weighted by atomic mass is 16.5. The monoisotopic (exact) mass is 221 g/mol. The van der Waals surface area contributed by atoms with E-state index in [4.69, 9.17) is 9.84 Å². The SMILES string of the molecule is CN[C@@H](O)C(OC(CO)[C@H](C)O)C(C)C. The topological polar surface area (TPSA) is 82.0 Å². The molecule has 4 atom stereocenters. The van der Waals surface area contributed by atoms with Gasteiger partial charge in [0.25, 0.3) is 0 Å². The molecule has 2 unspecified atom stereocenters. The molecule has 0 aliphatic heterocycles. The second kappa shape index (κ2) is 7.14. The molecule has 0 aliphatic rings. The fraction of sp³-hybridized carbons (Fsp3) is 1.00. The molecule has 0 aromatic carbocycles. The zero-order chi connectivity index (χ0) is 12.0. The van der Waals surface area contributed by atoms with E-state index in [0.717, 1.165) is 0 Å². The third-order valence-electron chi connectivity index (χ3n) is 2.31. The van der Waals surface area contributed by atoms with Crippen molar-refractivity contribution >= 4 is 0 Å². The minimum Gasteiger partial charge on any atom is -0.394 e. The van der Waals surface area contributed by atoms with E-state index >= 15 is 0 Å². The lowest BCUT2D eigenvalue weighted by Gasteiger charge is -2.31. The molecule has 0 saturated heterocycles. The molecule has 0 aromatic rings. The summed E-state index contributed by atoms with van der Waals surface area (Å²) in [5, 5.41) is 30.6. The van der Waals surface area contributed by atoms with Gasteiger partial charge in [0.1, 0.15) is 12.3 Å². The van der Waals surface area contributed by atoms with Crippen LogP contribution in [0.4, 0.5) is 0 Å². The van der Waals surface area contributed by atoms with E-state index in [-0.39, 0.29) is 12.5 Å². The van der Waals surface area contributed by atoms with Crippen LogP contribution in [0.5, 0.6) is 0 Å². The Morgan fingerprint density at radius 3 is 2.00 bits per heavy atom. The molecule has 0 aliphatic carbocycles. The number of ether oxygens (including phenoxy) is 1. The van der Waals surface area contributed by atoms with E-state index in [9.17, 15) is 10.2 Å². The summed E-state index contributed by atoms with van der Waals surface area (Å²) in [6.45, 7) is 5.09. The predicted octanol–water partition coefficient (Wildman–Crippen LogP) is -0.693. The van der Waals surface area contributed by atoms with Crippen molar-refractivity contribution in [2.24, 2.45) is 5.92 Å². The molecule has 4 N–H and O–H groups in total. The number of likely N-dealkylation sites (N-methyl/N-ethyl adjacent to an activating group) is 1. The van der Waals surface area contributed by atoms with Crippen LogP contribution in [-0.2, 0) is 4.74 Å². The Labute approximate surface area is 91.1 Å². The minimum atomic E-state index is -0.808. The van der Waals surface area contributed by atoms with E-state index < -0.39 is 24.5 Å². The van der Waals surface area contributed by atoms with Gasteiger partial charge >= 0.3 is 0 Å². The van der Waals surface area contributed by atoms with Crippen LogP contribution in [0.15, 0.2) is 0 Å². The van der Waals surface area contributed by atoms with Gasteiger partial charge < -0.3 is 20.1 Å². The summed E-state index contributed by atoms with van der Waals surface area (Å²) < 4.78 is 5.46. The third kappa shape index (κ3) is 4.90. The van der Waals surface area contributed by atoms with E-state index in [1.54, 1.807) is 14.0 Å². The normalized spacial score (nSPS) is 20.0. The Bertz CT molecular complexity index is 164. The molecule has 0 radical (unpaired) electrons. The van der Waals surface area contributed by atoms with Crippen molar-refractivity contribution in [1.82, 2.24) is 5.32 Å². The van der Waals surface area contributed by atoms with E-state index in [1.165, 1.54) is 0 Å². The number of hydrogen-bond donors (Lipinski definition) is 4. The molecular formula is C10H23NO4. The highest BCUT2D eigenvalue weighted by molar-refractivity contribution is 4.74. The summed E-state index contributed by atoms with van der Waals surface area (Å²) in [5.41, 5.74) is 0. The molecule has 5 nitrogen and oxygen atoms in total. The maximum Gasteiger partial charge on any atom is 0.131 e. The fourth-order valence-electron chi connectivity index (χ4n) is 1.27. The Balaban J connectivity index is 4.38. The summed E-state index contributed by atoms with van der Waals surface area (Å²) >= 11 is 0. The van der Waals surface area contributed by atoms with Gasteiger partial charge in [-0.3, -0.25) is 5.32 Å². The molecule has 0 aromatic heterocycles. The van der Waals surface area contributed by atoms with Crippen molar-refractivity contribution in [1.29, 1.82) is 0 Å². The molecule has 0 fully saturated rings. The van der Waals surface area contributed by atoms with Crippen molar-refractivity contribution in [3.05, 3.63) is 0 Å². The zero-order valence-electron chi connectivity index (χ0n) is 9.84. The first-order chi connectivity index (χ1) is 6.93. The van der Waals surface area contributed by atoms with Gasteiger partial charge in [0.15, 0.2) is 0 Å². The maximum atomic E-state index is 9.61. The van der Waals surface area contributed by atoms with Crippen molar-refractivity contribution in [3.8, 4) is 0 Å². The van der Waals surface area contributed by atoms with Gasteiger partial charge in [0, 0.05) is 0 Å². The average molecular weight is 221 g/mol. The Hall–Kier alpha value is -0.200. The van der Waals surface area contributed by atoms with Crippen LogP contribution in [0.2, 0.25) is 0 Å². The van der Waals surface area contributed by atoms with Crippen LogP contribution in [-0.4, -0.2) is 53.5 Å². The van der Waals surface area contributed by atoms with E-state index in [0.29, 0.717) is 0 Å². The van der Waals surface area contributed by atoms with Crippen LogP contribution in [0.25, 0.3) is 0 Å². The van der Waals surface area contributed by atoms with Crippen molar-refractivity contribution in [3.63, 3.8) is 0 Å². The summed E-state index contributed by atoms with van der Waals surface area (Å²) in [6.07, 6.45) is -2.69. The van der Waals surface area contributed by atoms with Crippen LogP contribution >= 0.6 is 0 Å². The van der Waals surface area contributed by atoms with Crippen LogP contribution in [0.3, 0.4) is 0 Å². The zero-order valence-corrected chi connectivity index (χ0v) is 9.84. The van der Waals surface area contributed by atoms with Crippen molar-refractivity contribution < 1.29 is 20.1 Å². The second-order valence-corrected chi connectivity index (χ2v) is 4.04. The minimum absolute atomic E-state index is 0.0836. The smallest absolute Gasteiger partial charge is 0.131 e. The first-order valence-electron chi connectivity index (χ1n) is 5.23. The van der Waals surface area contributed by atoms with Crippen molar-refractivity contribution in [2.75, 3.05) is 13.7 Å². The van der Waals surface area contributed by atoms with Gasteiger partial charge in [-0.15, -0.1) is 0 Å². The maximum absolute atomic E-state index is 9.61. The largest absolute Gasteiger partial charge is 0.394 e. The Morgan fingerprint density at radius 1 is 1.20 bits per heavy atom. The molecule has 0 bridgehead atoms. The second-order valence-electron chi connectivity index (χ2n) is 4.04. The molecule has 15 heavy (non-hydrogen) atoms. The molecular weight excluding hydrogens is 198 g/mol. The summed E-state index contributed by atoms with van der Waals surface area (Å²) in [4.78, 5) is 0. The Morgan fingerprint density at radius 2 is 1.73 bits per heavy atom.